The van der Waals surface area contributed by atoms with Crippen LogP contribution in [0.1, 0.15) is 18.4 Å². The summed E-state index contributed by atoms with van der Waals surface area (Å²) >= 11 is 7.50. The Morgan fingerprint density at radius 1 is 1.29 bits per heavy atom. The first kappa shape index (κ1) is 31.3. The molecule has 1 aromatic heterocycles. The number of carbonyl (C=O) groups is 1. The summed E-state index contributed by atoms with van der Waals surface area (Å²) in [5.74, 6) is -0.489. The number of benzene rings is 2. The van der Waals surface area contributed by atoms with E-state index in [1.807, 2.05) is 6.07 Å². The maximum atomic E-state index is 13.3. The summed E-state index contributed by atoms with van der Waals surface area (Å²) < 4.78 is 31.3. The molecular formula is C30H35ClF2N6O2S. The number of hydrogen-bond acceptors (Lipinski definition) is 8. The highest BCUT2D eigenvalue weighted by Gasteiger charge is 2.28. The molecule has 1 fully saturated rings. The van der Waals surface area contributed by atoms with Crippen molar-refractivity contribution in [2.75, 3.05) is 43.9 Å². The van der Waals surface area contributed by atoms with E-state index in [9.17, 15) is 13.6 Å². The minimum Gasteiger partial charge on any atom is -0.434 e. The molecule has 0 unspecified atom stereocenters. The molecule has 0 atom stereocenters. The van der Waals surface area contributed by atoms with Crippen molar-refractivity contribution in [3.05, 3.63) is 83.2 Å². The number of anilines is 2. The molecule has 2 aromatic carbocycles. The Morgan fingerprint density at radius 2 is 2.00 bits per heavy atom. The molecule has 224 valence electrons. The molecular weight excluding hydrogens is 582 g/mol. The van der Waals surface area contributed by atoms with Crippen LogP contribution in [0.2, 0.25) is 5.02 Å². The first-order chi connectivity index (χ1) is 20.2. The number of amides is 1. The van der Waals surface area contributed by atoms with Crippen LogP contribution in [0.25, 0.3) is 11.3 Å². The van der Waals surface area contributed by atoms with Gasteiger partial charge in [0.15, 0.2) is 5.13 Å². The topological polar surface area (TPSA) is 95.8 Å². The minimum absolute atomic E-state index is 0.102. The third-order valence-corrected chi connectivity index (χ3v) is 8.49. The van der Waals surface area contributed by atoms with E-state index in [0.29, 0.717) is 21.2 Å². The van der Waals surface area contributed by atoms with E-state index < -0.39 is 12.5 Å². The molecule has 12 heteroatoms. The summed E-state index contributed by atoms with van der Waals surface area (Å²) in [5.41, 5.74) is 7.89. The van der Waals surface area contributed by atoms with Crippen molar-refractivity contribution in [2.45, 2.75) is 31.9 Å². The van der Waals surface area contributed by atoms with Crippen molar-refractivity contribution in [1.29, 1.82) is 0 Å². The molecule has 0 spiro atoms. The van der Waals surface area contributed by atoms with Crippen LogP contribution in [0.15, 0.2) is 72.6 Å². The first-order valence-corrected chi connectivity index (χ1v) is 14.8. The van der Waals surface area contributed by atoms with Crippen molar-refractivity contribution in [1.82, 2.24) is 15.2 Å². The molecule has 1 saturated heterocycles. The quantitative estimate of drug-likeness (QED) is 0.177. The molecule has 1 amide bonds. The van der Waals surface area contributed by atoms with Gasteiger partial charge in [-0.2, -0.15) is 8.78 Å². The Morgan fingerprint density at radius 3 is 2.64 bits per heavy atom. The van der Waals surface area contributed by atoms with Gasteiger partial charge in [-0.25, -0.2) is 4.98 Å². The maximum Gasteiger partial charge on any atom is 0.387 e. The van der Waals surface area contributed by atoms with Crippen LogP contribution in [0.3, 0.4) is 0 Å². The third-order valence-electron chi connectivity index (χ3n) is 7.22. The van der Waals surface area contributed by atoms with Gasteiger partial charge in [-0.3, -0.25) is 4.79 Å². The van der Waals surface area contributed by atoms with E-state index in [0.717, 1.165) is 38.9 Å². The van der Waals surface area contributed by atoms with Crippen molar-refractivity contribution < 1.29 is 18.3 Å². The molecule has 0 saturated carbocycles. The SMILES string of the molecule is C=C/C(C(=O)Nc1sc(N2CCC(N(C)CCc3ccccc3)CC2)nc1-c1cc(Cl)ccc1OC(F)F)=C(\N)NC. The number of ether oxygens (including phenoxy) is 1. The van der Waals surface area contributed by atoms with Crippen LogP contribution < -0.4 is 26.0 Å². The number of likely N-dealkylation sites (N-methyl/N-ethyl adjacent to an activating group) is 1. The second-order valence-corrected chi connectivity index (χ2v) is 11.3. The zero-order valence-corrected chi connectivity index (χ0v) is 25.2. The Balaban J connectivity index is 1.57. The number of rotatable bonds is 12. The van der Waals surface area contributed by atoms with Crippen molar-refractivity contribution >= 4 is 39.0 Å². The Hall–Kier alpha value is -3.67. The predicted octanol–water partition coefficient (Wildman–Crippen LogP) is 5.72. The lowest BCUT2D eigenvalue weighted by Crippen LogP contribution is -2.44. The summed E-state index contributed by atoms with van der Waals surface area (Å²) in [7, 11) is 3.74. The molecule has 1 aliphatic heterocycles. The molecule has 0 aliphatic carbocycles. The highest BCUT2D eigenvalue weighted by atomic mass is 35.5. The van der Waals surface area contributed by atoms with Gasteiger partial charge in [0, 0.05) is 43.3 Å². The van der Waals surface area contributed by atoms with E-state index in [1.54, 1.807) is 7.05 Å². The second kappa shape index (κ2) is 14.5. The van der Waals surface area contributed by atoms with E-state index >= 15 is 0 Å². The summed E-state index contributed by atoms with van der Waals surface area (Å²) in [6.07, 6.45) is 4.19. The summed E-state index contributed by atoms with van der Waals surface area (Å²) in [4.78, 5) is 22.5. The van der Waals surface area contributed by atoms with Crippen LogP contribution in [-0.4, -0.2) is 62.2 Å². The summed E-state index contributed by atoms with van der Waals surface area (Å²) in [6, 6.07) is 15.2. The first-order valence-electron chi connectivity index (χ1n) is 13.6. The molecule has 4 rings (SSSR count). The molecule has 1 aliphatic rings. The monoisotopic (exact) mass is 616 g/mol. The maximum absolute atomic E-state index is 13.3. The summed E-state index contributed by atoms with van der Waals surface area (Å²) in [5, 5.41) is 6.89. The van der Waals surface area contributed by atoms with Gasteiger partial charge in [-0.15, -0.1) is 0 Å². The van der Waals surface area contributed by atoms with Gasteiger partial charge in [0.2, 0.25) is 0 Å². The fourth-order valence-corrected chi connectivity index (χ4v) is 6.06. The number of hydrogen-bond donors (Lipinski definition) is 3. The average molecular weight is 617 g/mol. The van der Waals surface area contributed by atoms with Gasteiger partial charge >= 0.3 is 6.61 Å². The lowest BCUT2D eigenvalue weighted by Gasteiger charge is -2.36. The zero-order valence-electron chi connectivity index (χ0n) is 23.6. The number of carbonyl (C=O) groups excluding carboxylic acids is 1. The van der Waals surface area contributed by atoms with Gasteiger partial charge in [0.05, 0.1) is 5.57 Å². The second-order valence-electron chi connectivity index (χ2n) is 9.86. The molecule has 0 radical (unpaired) electrons. The third kappa shape index (κ3) is 7.78. The number of aromatic nitrogens is 1. The van der Waals surface area contributed by atoms with Gasteiger partial charge in [0.1, 0.15) is 22.3 Å². The molecule has 8 nitrogen and oxygen atoms in total. The highest BCUT2D eigenvalue weighted by molar-refractivity contribution is 7.20. The zero-order chi connectivity index (χ0) is 30.2. The Bertz CT molecular complexity index is 1410. The van der Waals surface area contributed by atoms with Crippen LogP contribution in [0, 0.1) is 0 Å². The van der Waals surface area contributed by atoms with Crippen molar-refractivity contribution in [3.8, 4) is 17.0 Å². The van der Waals surface area contributed by atoms with Gasteiger partial charge in [-0.05, 0) is 50.1 Å². The van der Waals surface area contributed by atoms with Gasteiger partial charge < -0.3 is 30.9 Å². The Kier molecular flexibility index (Phi) is 10.8. The average Bonchev–Trinajstić information content (AvgIpc) is 3.40. The van der Waals surface area contributed by atoms with Crippen molar-refractivity contribution in [2.24, 2.45) is 5.73 Å². The van der Waals surface area contributed by atoms with E-state index in [4.69, 9.17) is 27.1 Å². The van der Waals surface area contributed by atoms with Gasteiger partial charge in [0.25, 0.3) is 5.91 Å². The van der Waals surface area contributed by atoms with Crippen LogP contribution >= 0.6 is 22.9 Å². The van der Waals surface area contributed by atoms with Crippen LogP contribution in [-0.2, 0) is 11.2 Å². The number of nitrogens with one attached hydrogen (secondary N) is 2. The van der Waals surface area contributed by atoms with Gasteiger partial charge in [-0.1, -0.05) is 65.9 Å². The van der Waals surface area contributed by atoms with E-state index in [2.05, 4.69) is 58.3 Å². The van der Waals surface area contributed by atoms with E-state index in [-0.39, 0.29) is 28.4 Å². The number of nitrogens with zero attached hydrogens (tertiary/aromatic N) is 3. The fourth-order valence-electron chi connectivity index (χ4n) is 4.86. The largest absolute Gasteiger partial charge is 0.434 e. The number of piperidine rings is 1. The highest BCUT2D eigenvalue weighted by Crippen LogP contribution is 2.43. The summed E-state index contributed by atoms with van der Waals surface area (Å²) in [6.45, 7) is 3.09. The predicted molar refractivity (Wildman–Crippen MR) is 166 cm³/mol. The molecule has 42 heavy (non-hydrogen) atoms. The molecule has 3 aromatic rings. The minimum atomic E-state index is -3.05. The van der Waals surface area contributed by atoms with Crippen LogP contribution in [0.4, 0.5) is 18.9 Å². The van der Waals surface area contributed by atoms with Crippen molar-refractivity contribution in [3.63, 3.8) is 0 Å². The number of halogens is 3. The molecule has 0 bridgehead atoms. The smallest absolute Gasteiger partial charge is 0.387 e. The standard InChI is InChI=1S/C30H35ClF2N6O2S/c1-4-22(26(34)35-2)27(40)37-28-25(23-18-20(31)10-11-24(23)41-29(32)33)36-30(42-28)39-16-13-21(14-17-39)38(3)15-12-19-8-6-5-7-9-19/h4-11,18,21,29,35H,1,12-17,34H2,2-3H3,(H,37,40)/b26-22-. The molecule has 4 N–H and O–H groups in total. The molecule has 2 heterocycles. The number of alkyl halides is 2. The Labute approximate surface area is 253 Å². The number of nitrogens with two attached hydrogens (primary N) is 1. The lowest BCUT2D eigenvalue weighted by atomic mass is 10.0. The van der Waals surface area contributed by atoms with E-state index in [1.165, 1.54) is 41.2 Å². The fraction of sp³-hybridized carbons (Fsp3) is 0.333. The normalized spacial score (nSPS) is 14.6. The lowest BCUT2D eigenvalue weighted by molar-refractivity contribution is -0.112. The van der Waals surface area contributed by atoms with Crippen LogP contribution in [0.5, 0.6) is 5.75 Å². The number of thiazole rings is 1.